The fourth-order valence-electron chi connectivity index (χ4n) is 2.75. The van der Waals surface area contributed by atoms with Crippen LogP contribution in [0, 0.1) is 12.8 Å². The average Bonchev–Trinajstić information content (AvgIpc) is 2.90. The van der Waals surface area contributed by atoms with Gasteiger partial charge in [-0.05, 0) is 37.9 Å². The fraction of sp³-hybridized carbons (Fsp3) is 0.688. The first-order chi connectivity index (χ1) is 9.74. The molecule has 0 aromatic carbocycles. The third-order valence-corrected chi connectivity index (χ3v) is 3.94. The number of hydrogen-bond donors (Lipinski definition) is 1. The van der Waals surface area contributed by atoms with Crippen molar-refractivity contribution < 1.29 is 4.74 Å². The average molecular weight is 277 g/mol. The lowest BCUT2D eigenvalue weighted by Crippen LogP contribution is -2.22. The van der Waals surface area contributed by atoms with Crippen molar-refractivity contribution in [3.63, 3.8) is 0 Å². The molecule has 1 atom stereocenters. The summed E-state index contributed by atoms with van der Waals surface area (Å²) in [5, 5.41) is 3.43. The number of nitrogens with zero attached hydrogens (tertiary/aromatic N) is 2. The number of rotatable bonds is 7. The third kappa shape index (κ3) is 3.93. The van der Waals surface area contributed by atoms with E-state index >= 15 is 0 Å². The molecule has 1 aliphatic heterocycles. The number of aromatic nitrogens is 1. The highest BCUT2D eigenvalue weighted by molar-refractivity contribution is 5.42. The van der Waals surface area contributed by atoms with E-state index in [1.54, 1.807) is 7.11 Å². The van der Waals surface area contributed by atoms with E-state index in [9.17, 15) is 0 Å². The second-order valence-electron chi connectivity index (χ2n) is 5.65. The predicted octanol–water partition coefficient (Wildman–Crippen LogP) is 2.36. The number of hydrogen-bond acceptors (Lipinski definition) is 4. The molecule has 2 heterocycles. The minimum absolute atomic E-state index is 0.646. The zero-order chi connectivity index (χ0) is 14.4. The Bertz CT molecular complexity index is 422. The highest BCUT2D eigenvalue weighted by Crippen LogP contribution is 2.23. The van der Waals surface area contributed by atoms with Crippen LogP contribution in [0.25, 0.3) is 0 Å². The molecule has 1 aliphatic rings. The maximum absolute atomic E-state index is 5.25. The van der Waals surface area contributed by atoms with Gasteiger partial charge < -0.3 is 15.0 Å². The van der Waals surface area contributed by atoms with E-state index in [0.29, 0.717) is 5.92 Å². The van der Waals surface area contributed by atoms with Crippen molar-refractivity contribution in [1.82, 2.24) is 10.3 Å². The quantitative estimate of drug-likeness (QED) is 0.776. The standard InChI is InChI=1S/C16H27N3O/c1-4-8-17-10-15-5-6-16(18-13(15)2)19-9-7-14(11-19)12-20-3/h5-6,14,17H,4,7-12H2,1-3H3. The molecule has 0 bridgehead atoms. The van der Waals surface area contributed by atoms with Gasteiger partial charge in [0.1, 0.15) is 5.82 Å². The molecule has 1 saturated heterocycles. The monoisotopic (exact) mass is 277 g/mol. The Balaban J connectivity index is 1.95. The molecule has 2 rings (SSSR count). The summed E-state index contributed by atoms with van der Waals surface area (Å²) in [5.41, 5.74) is 2.44. The van der Waals surface area contributed by atoms with Crippen molar-refractivity contribution in [2.45, 2.75) is 33.2 Å². The number of aryl methyl sites for hydroxylation is 1. The van der Waals surface area contributed by atoms with E-state index in [1.807, 2.05) is 0 Å². The van der Waals surface area contributed by atoms with Crippen LogP contribution in [0.15, 0.2) is 12.1 Å². The van der Waals surface area contributed by atoms with Crippen LogP contribution in [0.4, 0.5) is 5.82 Å². The molecule has 0 aliphatic carbocycles. The molecule has 20 heavy (non-hydrogen) atoms. The first-order valence-electron chi connectivity index (χ1n) is 7.65. The normalized spacial score (nSPS) is 18.8. The molecule has 1 unspecified atom stereocenters. The third-order valence-electron chi connectivity index (χ3n) is 3.94. The molecule has 4 heteroatoms. The Hall–Kier alpha value is -1.13. The highest BCUT2D eigenvalue weighted by Gasteiger charge is 2.23. The second kappa shape index (κ2) is 7.60. The molecule has 1 aromatic rings. The number of anilines is 1. The number of methoxy groups -OCH3 is 1. The Morgan fingerprint density at radius 1 is 1.45 bits per heavy atom. The van der Waals surface area contributed by atoms with Gasteiger partial charge in [-0.1, -0.05) is 13.0 Å². The molecule has 1 N–H and O–H groups in total. The molecule has 1 fully saturated rings. The molecule has 4 nitrogen and oxygen atoms in total. The number of ether oxygens (including phenoxy) is 1. The lowest BCUT2D eigenvalue weighted by atomic mass is 10.1. The fourth-order valence-corrected chi connectivity index (χ4v) is 2.75. The minimum Gasteiger partial charge on any atom is -0.384 e. The van der Waals surface area contributed by atoms with Gasteiger partial charge in [-0.15, -0.1) is 0 Å². The van der Waals surface area contributed by atoms with Crippen molar-refractivity contribution in [2.24, 2.45) is 5.92 Å². The Labute approximate surface area is 122 Å². The molecule has 0 amide bonds. The molecule has 0 saturated carbocycles. The Morgan fingerprint density at radius 2 is 2.30 bits per heavy atom. The van der Waals surface area contributed by atoms with E-state index < -0.39 is 0 Å². The van der Waals surface area contributed by atoms with Gasteiger partial charge in [0.2, 0.25) is 0 Å². The molecule has 112 valence electrons. The Morgan fingerprint density at radius 3 is 3.00 bits per heavy atom. The SMILES string of the molecule is CCCNCc1ccc(N2CCC(COC)C2)nc1C. The van der Waals surface area contributed by atoms with Gasteiger partial charge in [-0.3, -0.25) is 0 Å². The van der Waals surface area contributed by atoms with Gasteiger partial charge in [0, 0.05) is 38.4 Å². The van der Waals surface area contributed by atoms with Crippen LogP contribution in [0.1, 0.15) is 31.0 Å². The van der Waals surface area contributed by atoms with Crippen molar-refractivity contribution in [3.8, 4) is 0 Å². The van der Waals surface area contributed by atoms with Gasteiger partial charge >= 0.3 is 0 Å². The van der Waals surface area contributed by atoms with Crippen LogP contribution in [0.5, 0.6) is 0 Å². The zero-order valence-corrected chi connectivity index (χ0v) is 13.0. The van der Waals surface area contributed by atoms with Crippen LogP contribution in [0.3, 0.4) is 0 Å². The summed E-state index contributed by atoms with van der Waals surface area (Å²) >= 11 is 0. The summed E-state index contributed by atoms with van der Waals surface area (Å²) in [5.74, 6) is 1.76. The summed E-state index contributed by atoms with van der Waals surface area (Å²) in [7, 11) is 1.78. The van der Waals surface area contributed by atoms with Gasteiger partial charge in [-0.25, -0.2) is 4.98 Å². The van der Waals surface area contributed by atoms with E-state index in [-0.39, 0.29) is 0 Å². The van der Waals surface area contributed by atoms with Crippen LogP contribution < -0.4 is 10.2 Å². The predicted molar refractivity (Wildman–Crippen MR) is 83.2 cm³/mol. The second-order valence-corrected chi connectivity index (χ2v) is 5.65. The van der Waals surface area contributed by atoms with Crippen molar-refractivity contribution in [1.29, 1.82) is 0 Å². The lowest BCUT2D eigenvalue weighted by molar-refractivity contribution is 0.161. The van der Waals surface area contributed by atoms with E-state index in [0.717, 1.165) is 44.3 Å². The van der Waals surface area contributed by atoms with Gasteiger partial charge in [-0.2, -0.15) is 0 Å². The molecule has 1 aromatic heterocycles. The van der Waals surface area contributed by atoms with E-state index in [4.69, 9.17) is 9.72 Å². The molecular weight excluding hydrogens is 250 g/mol. The van der Waals surface area contributed by atoms with Crippen LogP contribution >= 0.6 is 0 Å². The van der Waals surface area contributed by atoms with Crippen molar-refractivity contribution in [2.75, 3.05) is 38.3 Å². The van der Waals surface area contributed by atoms with E-state index in [2.05, 4.69) is 36.2 Å². The maximum Gasteiger partial charge on any atom is 0.128 e. The number of pyridine rings is 1. The van der Waals surface area contributed by atoms with E-state index in [1.165, 1.54) is 18.4 Å². The maximum atomic E-state index is 5.25. The van der Waals surface area contributed by atoms with Gasteiger partial charge in [0.15, 0.2) is 0 Å². The number of nitrogens with one attached hydrogen (secondary N) is 1. The van der Waals surface area contributed by atoms with Crippen LogP contribution in [-0.4, -0.2) is 38.3 Å². The van der Waals surface area contributed by atoms with Crippen molar-refractivity contribution in [3.05, 3.63) is 23.4 Å². The topological polar surface area (TPSA) is 37.4 Å². The Kier molecular flexibility index (Phi) is 5.80. The van der Waals surface area contributed by atoms with Gasteiger partial charge in [0.25, 0.3) is 0 Å². The summed E-state index contributed by atoms with van der Waals surface area (Å²) in [4.78, 5) is 7.15. The zero-order valence-electron chi connectivity index (χ0n) is 13.0. The molecule has 0 radical (unpaired) electrons. The first-order valence-corrected chi connectivity index (χ1v) is 7.65. The van der Waals surface area contributed by atoms with Crippen LogP contribution in [0.2, 0.25) is 0 Å². The largest absolute Gasteiger partial charge is 0.384 e. The molecule has 0 spiro atoms. The van der Waals surface area contributed by atoms with Gasteiger partial charge in [0.05, 0.1) is 6.61 Å². The lowest BCUT2D eigenvalue weighted by Gasteiger charge is -2.19. The van der Waals surface area contributed by atoms with Crippen LogP contribution in [-0.2, 0) is 11.3 Å². The summed E-state index contributed by atoms with van der Waals surface area (Å²) < 4.78 is 5.25. The summed E-state index contributed by atoms with van der Waals surface area (Å²) in [6.45, 7) is 9.28. The minimum atomic E-state index is 0.646. The van der Waals surface area contributed by atoms with Crippen molar-refractivity contribution >= 4 is 5.82 Å². The smallest absolute Gasteiger partial charge is 0.128 e. The summed E-state index contributed by atoms with van der Waals surface area (Å²) in [6.07, 6.45) is 2.37. The highest BCUT2D eigenvalue weighted by atomic mass is 16.5. The summed E-state index contributed by atoms with van der Waals surface area (Å²) in [6, 6.07) is 4.37. The molecular formula is C16H27N3O. The first kappa shape index (κ1) is 15.3.